The lowest BCUT2D eigenvalue weighted by Gasteiger charge is -2.08. The maximum Gasteiger partial charge on any atom is -0.00741 e. The fourth-order valence-electron chi connectivity index (χ4n) is 3.13. The number of allylic oxidation sites excluding steroid dienone is 2. The van der Waals surface area contributed by atoms with Crippen molar-refractivity contribution in [1.82, 2.24) is 0 Å². The summed E-state index contributed by atoms with van der Waals surface area (Å²) in [5, 5.41) is 3.28. The third-order valence-corrected chi connectivity index (χ3v) is 5.77. The largest absolute Gasteiger partial charge is 0.0654 e. The van der Waals surface area contributed by atoms with E-state index < -0.39 is 0 Å². The molecule has 1 aliphatic rings. The van der Waals surface area contributed by atoms with Gasteiger partial charge >= 0.3 is 0 Å². The standard InChI is InChI=1S/C20H30P/c1-3-5-7-9-13-17-18-14-11-12-16-20(18)21-19(17)15-10-8-6-4-2/h11-12,14,16H,3-10,13,15H2,1-2H3. The Labute approximate surface area is 133 Å². The van der Waals surface area contributed by atoms with Crippen molar-refractivity contribution in [3.8, 4) is 0 Å². The molecule has 1 aromatic carbocycles. The average molecular weight is 301 g/mol. The van der Waals surface area contributed by atoms with Crippen LogP contribution in [0.25, 0.3) is 5.57 Å². The van der Waals surface area contributed by atoms with Crippen molar-refractivity contribution in [3.63, 3.8) is 0 Å². The fraction of sp³-hybridized carbons (Fsp3) is 0.600. The van der Waals surface area contributed by atoms with Gasteiger partial charge in [-0.25, -0.2) is 0 Å². The Morgan fingerprint density at radius 3 is 2.14 bits per heavy atom. The van der Waals surface area contributed by atoms with E-state index in [-0.39, 0.29) is 0 Å². The first kappa shape index (κ1) is 16.8. The summed E-state index contributed by atoms with van der Waals surface area (Å²) >= 11 is 0. The third-order valence-electron chi connectivity index (χ3n) is 4.38. The molecule has 115 valence electrons. The summed E-state index contributed by atoms with van der Waals surface area (Å²) in [6.07, 6.45) is 13.6. The van der Waals surface area contributed by atoms with Crippen LogP contribution < -0.4 is 5.30 Å². The summed E-state index contributed by atoms with van der Waals surface area (Å²) in [6.45, 7) is 4.59. The topological polar surface area (TPSA) is 0 Å². The highest BCUT2D eigenvalue weighted by Crippen LogP contribution is 2.44. The van der Waals surface area contributed by atoms with Crippen LogP contribution in [-0.2, 0) is 0 Å². The maximum absolute atomic E-state index is 2.34. The van der Waals surface area contributed by atoms with Crippen molar-refractivity contribution < 1.29 is 0 Å². The van der Waals surface area contributed by atoms with Crippen molar-refractivity contribution in [2.45, 2.75) is 78.1 Å². The van der Waals surface area contributed by atoms with E-state index in [4.69, 9.17) is 0 Å². The predicted molar refractivity (Wildman–Crippen MR) is 97.4 cm³/mol. The summed E-state index contributed by atoms with van der Waals surface area (Å²) < 4.78 is 0. The second-order valence-corrected chi connectivity index (χ2v) is 7.42. The molecule has 1 heterocycles. The SMILES string of the molecule is CCCCCCC1=C(CCCCCC)c2ccccc2[P]1. The number of fused-ring (bicyclic) bond motifs is 1. The summed E-state index contributed by atoms with van der Waals surface area (Å²) in [5.74, 6) is 0. The molecule has 1 radical (unpaired) electrons. The van der Waals surface area contributed by atoms with E-state index in [0.29, 0.717) is 0 Å². The quantitative estimate of drug-likeness (QED) is 0.325. The van der Waals surface area contributed by atoms with Gasteiger partial charge in [0.05, 0.1) is 0 Å². The van der Waals surface area contributed by atoms with Gasteiger partial charge in [0, 0.05) is 0 Å². The third kappa shape index (κ3) is 4.96. The van der Waals surface area contributed by atoms with Crippen LogP contribution in [0.3, 0.4) is 0 Å². The molecule has 0 spiro atoms. The van der Waals surface area contributed by atoms with Gasteiger partial charge in [0.1, 0.15) is 0 Å². The molecule has 1 aromatic rings. The molecule has 0 unspecified atom stereocenters. The van der Waals surface area contributed by atoms with Gasteiger partial charge in [-0.3, -0.25) is 0 Å². The molecule has 0 atom stereocenters. The minimum absolute atomic E-state index is 1.30. The first-order valence-electron chi connectivity index (χ1n) is 8.90. The summed E-state index contributed by atoms with van der Waals surface area (Å²) in [5.41, 5.74) is 3.25. The number of benzene rings is 1. The van der Waals surface area contributed by atoms with E-state index in [0.717, 1.165) is 0 Å². The Morgan fingerprint density at radius 1 is 0.762 bits per heavy atom. The van der Waals surface area contributed by atoms with Crippen LogP contribution in [0.2, 0.25) is 0 Å². The van der Waals surface area contributed by atoms with Crippen LogP contribution in [-0.4, -0.2) is 0 Å². The van der Waals surface area contributed by atoms with Crippen LogP contribution >= 0.6 is 8.58 Å². The molecule has 0 saturated heterocycles. The predicted octanol–water partition coefficient (Wildman–Crippen LogP) is 6.92. The Balaban J connectivity index is 1.98. The molecule has 0 aromatic heterocycles. The molecular weight excluding hydrogens is 271 g/mol. The maximum atomic E-state index is 2.34. The van der Waals surface area contributed by atoms with Crippen LogP contribution in [0.15, 0.2) is 29.6 Å². The van der Waals surface area contributed by atoms with Gasteiger partial charge in [0.15, 0.2) is 0 Å². The van der Waals surface area contributed by atoms with Gasteiger partial charge in [-0.1, -0.05) is 76.6 Å². The molecule has 21 heavy (non-hydrogen) atoms. The Hall–Kier alpha value is -0.610. The number of unbranched alkanes of at least 4 members (excludes halogenated alkanes) is 6. The minimum atomic E-state index is 1.30. The van der Waals surface area contributed by atoms with E-state index in [9.17, 15) is 0 Å². The monoisotopic (exact) mass is 301 g/mol. The highest BCUT2D eigenvalue weighted by Gasteiger charge is 2.20. The zero-order valence-electron chi connectivity index (χ0n) is 13.8. The summed E-state index contributed by atoms with van der Waals surface area (Å²) in [6, 6.07) is 9.07. The Kier molecular flexibility index (Phi) is 7.51. The van der Waals surface area contributed by atoms with Gasteiger partial charge in [-0.05, 0) is 56.0 Å². The van der Waals surface area contributed by atoms with Crippen molar-refractivity contribution in [2.75, 3.05) is 0 Å². The van der Waals surface area contributed by atoms with Crippen molar-refractivity contribution in [2.24, 2.45) is 0 Å². The molecule has 0 N–H and O–H groups in total. The van der Waals surface area contributed by atoms with Crippen LogP contribution in [0, 0.1) is 0 Å². The smallest absolute Gasteiger partial charge is 0.00741 e. The number of rotatable bonds is 10. The van der Waals surface area contributed by atoms with Gasteiger partial charge in [0.2, 0.25) is 0 Å². The van der Waals surface area contributed by atoms with Crippen molar-refractivity contribution in [3.05, 3.63) is 35.1 Å². The van der Waals surface area contributed by atoms with Gasteiger partial charge in [-0.15, -0.1) is 0 Å². The second kappa shape index (κ2) is 9.42. The summed E-state index contributed by atoms with van der Waals surface area (Å²) in [7, 11) is 1.50. The lowest BCUT2D eigenvalue weighted by atomic mass is 9.97. The lowest BCUT2D eigenvalue weighted by molar-refractivity contribution is 0.667. The van der Waals surface area contributed by atoms with Crippen LogP contribution in [0.4, 0.5) is 0 Å². The minimum Gasteiger partial charge on any atom is -0.0654 e. The Bertz CT molecular complexity index is 459. The van der Waals surface area contributed by atoms with E-state index in [2.05, 4.69) is 38.1 Å². The lowest BCUT2D eigenvalue weighted by Crippen LogP contribution is -1.96. The van der Waals surface area contributed by atoms with E-state index in [1.807, 2.05) is 0 Å². The molecule has 2 rings (SSSR count). The van der Waals surface area contributed by atoms with Gasteiger partial charge in [0.25, 0.3) is 0 Å². The highest BCUT2D eigenvalue weighted by molar-refractivity contribution is 7.53. The zero-order chi connectivity index (χ0) is 14.9. The molecule has 0 bridgehead atoms. The molecule has 1 aliphatic heterocycles. The molecule has 1 heteroatoms. The van der Waals surface area contributed by atoms with E-state index in [1.165, 1.54) is 72.8 Å². The van der Waals surface area contributed by atoms with Crippen LogP contribution in [0.1, 0.15) is 83.6 Å². The number of hydrogen-bond donors (Lipinski definition) is 0. The molecule has 0 amide bonds. The second-order valence-electron chi connectivity index (χ2n) is 6.18. The highest BCUT2D eigenvalue weighted by atomic mass is 31.1. The van der Waals surface area contributed by atoms with E-state index >= 15 is 0 Å². The molecule has 0 aliphatic carbocycles. The average Bonchev–Trinajstić information content (AvgIpc) is 2.86. The van der Waals surface area contributed by atoms with Crippen molar-refractivity contribution >= 4 is 19.5 Å². The number of hydrogen-bond acceptors (Lipinski definition) is 0. The first-order valence-corrected chi connectivity index (χ1v) is 9.79. The zero-order valence-corrected chi connectivity index (χ0v) is 14.7. The molecule has 0 fully saturated rings. The van der Waals surface area contributed by atoms with Gasteiger partial charge < -0.3 is 0 Å². The van der Waals surface area contributed by atoms with Crippen molar-refractivity contribution in [1.29, 1.82) is 0 Å². The van der Waals surface area contributed by atoms with E-state index in [1.54, 1.807) is 21.8 Å². The Morgan fingerprint density at radius 2 is 1.43 bits per heavy atom. The molecular formula is C20H30P. The normalized spacial score (nSPS) is 15.0. The molecule has 0 saturated carbocycles. The fourth-order valence-corrected chi connectivity index (χ4v) is 4.55. The van der Waals surface area contributed by atoms with Crippen LogP contribution in [0.5, 0.6) is 0 Å². The summed E-state index contributed by atoms with van der Waals surface area (Å²) in [4.78, 5) is 0. The molecule has 0 nitrogen and oxygen atoms in total. The van der Waals surface area contributed by atoms with Gasteiger partial charge in [-0.2, -0.15) is 0 Å². The first-order chi connectivity index (χ1) is 10.4.